The van der Waals surface area contributed by atoms with E-state index in [0.717, 1.165) is 12.5 Å². The van der Waals surface area contributed by atoms with E-state index >= 15 is 0 Å². The van der Waals surface area contributed by atoms with Crippen LogP contribution in [0.2, 0.25) is 0 Å². The van der Waals surface area contributed by atoms with E-state index in [4.69, 9.17) is 0 Å². The summed E-state index contributed by atoms with van der Waals surface area (Å²) in [6.45, 7) is 7.13. The Kier molecular flexibility index (Phi) is 6.48. The van der Waals surface area contributed by atoms with Crippen LogP contribution in [0.3, 0.4) is 0 Å². The van der Waals surface area contributed by atoms with Gasteiger partial charge < -0.3 is 4.90 Å². The lowest BCUT2D eigenvalue weighted by molar-refractivity contribution is 0.177. The molecule has 2 fully saturated rings. The van der Waals surface area contributed by atoms with Crippen LogP contribution in [-0.2, 0) is 6.54 Å². The van der Waals surface area contributed by atoms with Crippen molar-refractivity contribution in [2.45, 2.75) is 31.2 Å². The van der Waals surface area contributed by atoms with Crippen LogP contribution >= 0.6 is 0 Å². The molecule has 0 N–H and O–H groups in total. The first-order chi connectivity index (χ1) is 15.3. The topological polar surface area (TPSA) is 6.48 Å². The highest BCUT2D eigenvalue weighted by Gasteiger charge is 2.35. The first-order valence-corrected chi connectivity index (χ1v) is 11.9. The standard InChI is InChI=1S/C29H34N2/c1-4-10-24(11-5-1)20-31-22-28(29(23-31)27-14-8-3-9-15-27)21-30-18-16-26(17-19-30)25-12-6-2-7-13-25/h1-15,26,28-29H,16-23H2/t28-,29+/m1/s1. The quantitative estimate of drug-likeness (QED) is 0.508. The van der Waals surface area contributed by atoms with E-state index in [1.165, 1.54) is 62.3 Å². The van der Waals surface area contributed by atoms with Gasteiger partial charge in [-0.2, -0.15) is 0 Å². The van der Waals surface area contributed by atoms with Crippen LogP contribution in [-0.4, -0.2) is 42.5 Å². The molecule has 0 saturated carbocycles. The average molecular weight is 411 g/mol. The van der Waals surface area contributed by atoms with Gasteiger partial charge in [-0.3, -0.25) is 4.90 Å². The molecule has 2 saturated heterocycles. The summed E-state index contributed by atoms with van der Waals surface area (Å²) in [6, 6.07) is 33.3. The minimum atomic E-state index is 0.636. The molecule has 160 valence electrons. The second-order valence-corrected chi connectivity index (χ2v) is 9.44. The van der Waals surface area contributed by atoms with E-state index in [-0.39, 0.29) is 0 Å². The predicted octanol–water partition coefficient (Wildman–Crippen LogP) is 5.78. The molecular weight excluding hydrogens is 376 g/mol. The van der Waals surface area contributed by atoms with E-state index in [1.807, 2.05) is 0 Å². The maximum Gasteiger partial charge on any atom is 0.0234 e. The Morgan fingerprint density at radius 1 is 0.613 bits per heavy atom. The number of hydrogen-bond donors (Lipinski definition) is 0. The maximum atomic E-state index is 2.74. The largest absolute Gasteiger partial charge is 0.303 e. The van der Waals surface area contributed by atoms with Gasteiger partial charge in [-0.25, -0.2) is 0 Å². The van der Waals surface area contributed by atoms with E-state index in [1.54, 1.807) is 0 Å². The van der Waals surface area contributed by atoms with Crippen LogP contribution in [0.4, 0.5) is 0 Å². The summed E-state index contributed by atoms with van der Waals surface area (Å²) in [5.41, 5.74) is 4.47. The van der Waals surface area contributed by atoms with Gasteiger partial charge >= 0.3 is 0 Å². The van der Waals surface area contributed by atoms with Crippen molar-refractivity contribution in [2.24, 2.45) is 5.92 Å². The SMILES string of the molecule is c1ccc(CN2C[C@@H](CN3CCC(c4ccccc4)CC3)[C@H](c3ccccc3)C2)cc1. The Morgan fingerprint density at radius 2 is 1.19 bits per heavy atom. The highest BCUT2D eigenvalue weighted by Crippen LogP contribution is 2.35. The molecule has 2 atom stereocenters. The smallest absolute Gasteiger partial charge is 0.0234 e. The van der Waals surface area contributed by atoms with Crippen LogP contribution in [0.15, 0.2) is 91.0 Å². The van der Waals surface area contributed by atoms with Crippen LogP contribution in [0.25, 0.3) is 0 Å². The average Bonchev–Trinajstić information content (AvgIpc) is 3.23. The zero-order chi connectivity index (χ0) is 20.9. The number of hydrogen-bond acceptors (Lipinski definition) is 2. The molecule has 0 spiro atoms. The monoisotopic (exact) mass is 410 g/mol. The van der Waals surface area contributed by atoms with E-state index in [0.29, 0.717) is 11.8 Å². The Labute approximate surface area is 187 Å². The second-order valence-electron chi connectivity index (χ2n) is 9.44. The number of piperidine rings is 1. The van der Waals surface area contributed by atoms with E-state index in [2.05, 4.69) is 101 Å². The normalized spacial score (nSPS) is 23.2. The van der Waals surface area contributed by atoms with Crippen LogP contribution in [0.1, 0.15) is 41.4 Å². The molecule has 2 aliphatic heterocycles. The summed E-state index contributed by atoms with van der Waals surface area (Å²) < 4.78 is 0. The van der Waals surface area contributed by atoms with Crippen LogP contribution in [0.5, 0.6) is 0 Å². The molecule has 2 heterocycles. The van der Waals surface area contributed by atoms with Crippen molar-refractivity contribution in [3.05, 3.63) is 108 Å². The maximum absolute atomic E-state index is 2.74. The highest BCUT2D eigenvalue weighted by molar-refractivity contribution is 5.24. The number of nitrogens with zero attached hydrogens (tertiary/aromatic N) is 2. The third kappa shape index (κ3) is 5.08. The molecule has 2 heteroatoms. The van der Waals surface area contributed by atoms with Crippen molar-refractivity contribution in [3.63, 3.8) is 0 Å². The van der Waals surface area contributed by atoms with Crippen molar-refractivity contribution in [1.29, 1.82) is 0 Å². The molecule has 5 rings (SSSR count). The third-order valence-corrected chi connectivity index (χ3v) is 7.34. The molecule has 31 heavy (non-hydrogen) atoms. The van der Waals surface area contributed by atoms with E-state index in [9.17, 15) is 0 Å². The number of benzene rings is 3. The van der Waals surface area contributed by atoms with Crippen molar-refractivity contribution in [1.82, 2.24) is 9.80 Å². The van der Waals surface area contributed by atoms with Gasteiger partial charge in [0, 0.05) is 32.1 Å². The van der Waals surface area contributed by atoms with Crippen LogP contribution < -0.4 is 0 Å². The molecule has 0 aliphatic carbocycles. The van der Waals surface area contributed by atoms with Gasteiger partial charge in [0.15, 0.2) is 0 Å². The molecular formula is C29H34N2. The van der Waals surface area contributed by atoms with Crippen LogP contribution in [0, 0.1) is 5.92 Å². The second kappa shape index (κ2) is 9.80. The molecule has 0 radical (unpaired) electrons. The highest BCUT2D eigenvalue weighted by atomic mass is 15.2. The molecule has 0 bridgehead atoms. The summed E-state index contributed by atoms with van der Waals surface area (Å²) in [4.78, 5) is 5.42. The van der Waals surface area contributed by atoms with Gasteiger partial charge in [-0.1, -0.05) is 91.0 Å². The first kappa shape index (κ1) is 20.5. The van der Waals surface area contributed by atoms with Gasteiger partial charge in [0.2, 0.25) is 0 Å². The van der Waals surface area contributed by atoms with Gasteiger partial charge in [0.1, 0.15) is 0 Å². The zero-order valence-electron chi connectivity index (χ0n) is 18.4. The molecule has 0 unspecified atom stereocenters. The number of likely N-dealkylation sites (tertiary alicyclic amines) is 2. The van der Waals surface area contributed by atoms with Gasteiger partial charge in [0.25, 0.3) is 0 Å². The van der Waals surface area contributed by atoms with Crippen molar-refractivity contribution < 1.29 is 0 Å². The minimum Gasteiger partial charge on any atom is -0.303 e. The molecule has 0 amide bonds. The lowest BCUT2D eigenvalue weighted by Gasteiger charge is -2.35. The summed E-state index contributed by atoms with van der Waals surface area (Å²) in [5, 5.41) is 0. The van der Waals surface area contributed by atoms with Gasteiger partial charge in [-0.05, 0) is 54.5 Å². The fraction of sp³-hybridized carbons (Fsp3) is 0.379. The fourth-order valence-electron chi connectivity index (χ4n) is 5.70. The van der Waals surface area contributed by atoms with Crippen molar-refractivity contribution in [2.75, 3.05) is 32.7 Å². The lowest BCUT2D eigenvalue weighted by atomic mass is 9.86. The molecule has 0 aromatic heterocycles. The number of rotatable bonds is 6. The Morgan fingerprint density at radius 3 is 1.84 bits per heavy atom. The summed E-state index contributed by atoms with van der Waals surface area (Å²) in [6.07, 6.45) is 2.58. The molecule has 3 aromatic rings. The predicted molar refractivity (Wildman–Crippen MR) is 129 cm³/mol. The Bertz CT molecular complexity index is 917. The summed E-state index contributed by atoms with van der Waals surface area (Å²) in [7, 11) is 0. The Balaban J connectivity index is 1.24. The van der Waals surface area contributed by atoms with E-state index < -0.39 is 0 Å². The third-order valence-electron chi connectivity index (χ3n) is 7.34. The zero-order valence-corrected chi connectivity index (χ0v) is 18.4. The minimum absolute atomic E-state index is 0.636. The fourth-order valence-corrected chi connectivity index (χ4v) is 5.70. The van der Waals surface area contributed by atoms with Gasteiger partial charge in [0.05, 0.1) is 0 Å². The van der Waals surface area contributed by atoms with Gasteiger partial charge in [-0.15, -0.1) is 0 Å². The first-order valence-electron chi connectivity index (χ1n) is 11.9. The molecule has 2 nitrogen and oxygen atoms in total. The Hall–Kier alpha value is -2.42. The summed E-state index contributed by atoms with van der Waals surface area (Å²) in [5.74, 6) is 2.08. The molecule has 3 aromatic carbocycles. The van der Waals surface area contributed by atoms with Crippen molar-refractivity contribution in [3.8, 4) is 0 Å². The summed E-state index contributed by atoms with van der Waals surface area (Å²) >= 11 is 0. The van der Waals surface area contributed by atoms with Crippen molar-refractivity contribution >= 4 is 0 Å². The lowest BCUT2D eigenvalue weighted by Crippen LogP contribution is -2.38. The molecule has 2 aliphatic rings.